The molecule has 0 spiro atoms. The average Bonchev–Trinajstić information content (AvgIpc) is 2.87. The van der Waals surface area contributed by atoms with Gasteiger partial charge in [-0.3, -0.25) is 4.79 Å². The van der Waals surface area contributed by atoms with Gasteiger partial charge in [0.15, 0.2) is 5.13 Å². The first-order chi connectivity index (χ1) is 10.1. The molecule has 0 radical (unpaired) electrons. The van der Waals surface area contributed by atoms with Gasteiger partial charge in [-0.2, -0.15) is 0 Å². The highest BCUT2D eigenvalue weighted by atomic mass is 32.1. The summed E-state index contributed by atoms with van der Waals surface area (Å²) < 4.78 is 0. The molecule has 1 heterocycles. The first-order valence-corrected chi connectivity index (χ1v) is 8.32. The van der Waals surface area contributed by atoms with Crippen molar-refractivity contribution in [1.82, 2.24) is 4.98 Å². The number of benzene rings is 1. The van der Waals surface area contributed by atoms with Gasteiger partial charge in [-0.05, 0) is 24.3 Å². The zero-order valence-electron chi connectivity index (χ0n) is 12.4. The molecule has 2 aromatic rings. The number of hydrogen-bond donors (Lipinski definition) is 1. The lowest BCUT2D eigenvalue weighted by molar-refractivity contribution is -0.124. The van der Waals surface area contributed by atoms with Gasteiger partial charge in [-0.1, -0.05) is 50.6 Å². The maximum atomic E-state index is 12.8. The third kappa shape index (κ3) is 2.60. The standard InChI is InChI=1S/C17H20N2OS/c1-12(2)14-11-21-16(18-14)19-15(20)17(9-6-10-17)13-7-4-3-5-8-13/h3-5,7-8,11-12H,6,9-10H2,1-2H3,(H,18,19,20). The van der Waals surface area contributed by atoms with Crippen molar-refractivity contribution in [2.24, 2.45) is 0 Å². The number of anilines is 1. The third-order valence-corrected chi connectivity index (χ3v) is 5.08. The molecule has 1 fully saturated rings. The molecule has 0 atom stereocenters. The Morgan fingerprint density at radius 1 is 1.29 bits per heavy atom. The van der Waals surface area contributed by atoms with E-state index in [0.717, 1.165) is 30.5 Å². The van der Waals surface area contributed by atoms with E-state index in [9.17, 15) is 4.79 Å². The Hall–Kier alpha value is -1.68. The molecular formula is C17H20N2OS. The SMILES string of the molecule is CC(C)c1csc(NC(=O)C2(c3ccccc3)CCC2)n1. The fraction of sp³-hybridized carbons (Fsp3) is 0.412. The number of aromatic nitrogens is 1. The molecule has 0 unspecified atom stereocenters. The van der Waals surface area contributed by atoms with E-state index >= 15 is 0 Å². The number of nitrogens with one attached hydrogen (secondary N) is 1. The van der Waals surface area contributed by atoms with Crippen molar-refractivity contribution in [1.29, 1.82) is 0 Å². The minimum atomic E-state index is -0.356. The fourth-order valence-corrected chi connectivity index (χ4v) is 3.63. The minimum Gasteiger partial charge on any atom is -0.301 e. The maximum absolute atomic E-state index is 12.8. The van der Waals surface area contributed by atoms with E-state index in [1.54, 1.807) is 0 Å². The van der Waals surface area contributed by atoms with Crippen molar-refractivity contribution >= 4 is 22.4 Å². The molecule has 0 aliphatic heterocycles. The summed E-state index contributed by atoms with van der Waals surface area (Å²) in [6.45, 7) is 4.22. The number of amides is 1. The summed E-state index contributed by atoms with van der Waals surface area (Å²) in [5.41, 5.74) is 1.80. The second kappa shape index (κ2) is 5.60. The van der Waals surface area contributed by atoms with Crippen LogP contribution >= 0.6 is 11.3 Å². The largest absolute Gasteiger partial charge is 0.301 e. The second-order valence-corrected chi connectivity index (χ2v) is 6.85. The van der Waals surface area contributed by atoms with Gasteiger partial charge in [0.05, 0.1) is 11.1 Å². The molecule has 1 amide bonds. The molecule has 4 heteroatoms. The van der Waals surface area contributed by atoms with Gasteiger partial charge in [0.25, 0.3) is 0 Å². The lowest BCUT2D eigenvalue weighted by Crippen LogP contribution is -2.45. The van der Waals surface area contributed by atoms with Crippen LogP contribution in [0.5, 0.6) is 0 Å². The Morgan fingerprint density at radius 3 is 2.52 bits per heavy atom. The van der Waals surface area contributed by atoms with E-state index in [2.05, 4.69) is 36.3 Å². The van der Waals surface area contributed by atoms with Crippen molar-refractivity contribution in [2.45, 2.75) is 44.4 Å². The molecule has 1 N–H and O–H groups in total. The lowest BCUT2D eigenvalue weighted by Gasteiger charge is -2.40. The number of carbonyl (C=O) groups excluding carboxylic acids is 1. The number of carbonyl (C=O) groups is 1. The van der Waals surface area contributed by atoms with Crippen molar-refractivity contribution in [3.63, 3.8) is 0 Å². The normalized spacial score (nSPS) is 16.5. The van der Waals surface area contributed by atoms with E-state index < -0.39 is 0 Å². The molecule has 1 aromatic carbocycles. The van der Waals surface area contributed by atoms with Crippen LogP contribution in [-0.4, -0.2) is 10.9 Å². The summed E-state index contributed by atoms with van der Waals surface area (Å²) in [7, 11) is 0. The zero-order chi connectivity index (χ0) is 14.9. The summed E-state index contributed by atoms with van der Waals surface area (Å²) in [4.78, 5) is 17.3. The molecule has 21 heavy (non-hydrogen) atoms. The Morgan fingerprint density at radius 2 is 2.00 bits per heavy atom. The van der Waals surface area contributed by atoms with E-state index in [4.69, 9.17) is 0 Å². The lowest BCUT2D eigenvalue weighted by atomic mass is 9.64. The second-order valence-electron chi connectivity index (χ2n) is 5.99. The number of thiazole rings is 1. The summed E-state index contributed by atoms with van der Waals surface area (Å²) in [6, 6.07) is 10.1. The van der Waals surface area contributed by atoms with Crippen LogP contribution in [0, 0.1) is 0 Å². The third-order valence-electron chi connectivity index (χ3n) is 4.30. The van der Waals surface area contributed by atoms with E-state index in [-0.39, 0.29) is 11.3 Å². The molecular weight excluding hydrogens is 280 g/mol. The van der Waals surface area contributed by atoms with Crippen LogP contribution in [0.15, 0.2) is 35.7 Å². The van der Waals surface area contributed by atoms with Crippen LogP contribution in [0.2, 0.25) is 0 Å². The molecule has 3 nitrogen and oxygen atoms in total. The molecule has 1 aromatic heterocycles. The van der Waals surface area contributed by atoms with Crippen molar-refractivity contribution < 1.29 is 4.79 Å². The molecule has 0 bridgehead atoms. The first-order valence-electron chi connectivity index (χ1n) is 7.44. The van der Waals surface area contributed by atoms with Gasteiger partial charge in [-0.15, -0.1) is 11.3 Å². The number of hydrogen-bond acceptors (Lipinski definition) is 3. The van der Waals surface area contributed by atoms with Crippen LogP contribution in [0.3, 0.4) is 0 Å². The molecule has 1 aliphatic carbocycles. The molecule has 0 saturated heterocycles. The minimum absolute atomic E-state index is 0.0876. The summed E-state index contributed by atoms with van der Waals surface area (Å²) in [6.07, 6.45) is 2.95. The molecule has 1 aliphatic rings. The van der Waals surface area contributed by atoms with Crippen molar-refractivity contribution in [3.8, 4) is 0 Å². The predicted octanol–water partition coefficient (Wildman–Crippen LogP) is 4.33. The van der Waals surface area contributed by atoms with Crippen molar-refractivity contribution in [2.75, 3.05) is 5.32 Å². The Balaban J connectivity index is 1.80. The quantitative estimate of drug-likeness (QED) is 0.913. The van der Waals surface area contributed by atoms with Gasteiger partial charge >= 0.3 is 0 Å². The Labute approximate surface area is 129 Å². The summed E-state index contributed by atoms with van der Waals surface area (Å²) in [5.74, 6) is 0.475. The predicted molar refractivity (Wildman–Crippen MR) is 86.8 cm³/mol. The van der Waals surface area contributed by atoms with E-state index in [1.165, 1.54) is 11.3 Å². The molecule has 110 valence electrons. The van der Waals surface area contributed by atoms with Crippen LogP contribution < -0.4 is 5.32 Å². The summed E-state index contributed by atoms with van der Waals surface area (Å²) >= 11 is 1.51. The van der Waals surface area contributed by atoms with Crippen LogP contribution in [0.25, 0.3) is 0 Å². The van der Waals surface area contributed by atoms with Crippen LogP contribution in [0.1, 0.15) is 50.3 Å². The first kappa shape index (κ1) is 14.3. The highest BCUT2D eigenvalue weighted by molar-refractivity contribution is 7.13. The Kier molecular flexibility index (Phi) is 3.81. The van der Waals surface area contributed by atoms with Crippen LogP contribution in [-0.2, 0) is 10.2 Å². The van der Waals surface area contributed by atoms with E-state index in [0.29, 0.717) is 11.0 Å². The maximum Gasteiger partial charge on any atom is 0.236 e. The van der Waals surface area contributed by atoms with Crippen molar-refractivity contribution in [3.05, 3.63) is 47.0 Å². The average molecular weight is 300 g/mol. The fourth-order valence-electron chi connectivity index (χ4n) is 2.76. The van der Waals surface area contributed by atoms with E-state index in [1.807, 2.05) is 23.6 Å². The molecule has 3 rings (SSSR count). The zero-order valence-corrected chi connectivity index (χ0v) is 13.2. The monoisotopic (exact) mass is 300 g/mol. The number of rotatable bonds is 4. The van der Waals surface area contributed by atoms with Gasteiger partial charge in [-0.25, -0.2) is 4.98 Å². The highest BCUT2D eigenvalue weighted by Gasteiger charge is 2.45. The van der Waals surface area contributed by atoms with Crippen LogP contribution in [0.4, 0.5) is 5.13 Å². The highest BCUT2D eigenvalue weighted by Crippen LogP contribution is 2.44. The van der Waals surface area contributed by atoms with Gasteiger partial charge in [0.2, 0.25) is 5.91 Å². The van der Waals surface area contributed by atoms with Gasteiger partial charge in [0.1, 0.15) is 0 Å². The topological polar surface area (TPSA) is 42.0 Å². The smallest absolute Gasteiger partial charge is 0.236 e. The molecule has 1 saturated carbocycles. The van der Waals surface area contributed by atoms with Gasteiger partial charge < -0.3 is 5.32 Å². The van der Waals surface area contributed by atoms with Gasteiger partial charge in [0, 0.05) is 5.38 Å². The number of nitrogens with zero attached hydrogens (tertiary/aromatic N) is 1. The summed E-state index contributed by atoms with van der Waals surface area (Å²) in [5, 5.41) is 5.76. The Bertz CT molecular complexity index is 629.